The summed E-state index contributed by atoms with van der Waals surface area (Å²) in [5, 5.41) is 8.49. The predicted molar refractivity (Wildman–Crippen MR) is 40.1 cm³/mol. The van der Waals surface area contributed by atoms with Crippen LogP contribution in [0.5, 0.6) is 0 Å². The molecule has 1 atom stereocenters. The molecule has 0 saturated carbocycles. The summed E-state index contributed by atoms with van der Waals surface area (Å²) in [7, 11) is 0. The van der Waals surface area contributed by atoms with Crippen LogP contribution in [0, 0.1) is 11.8 Å². The third kappa shape index (κ3) is 4.46. The normalized spacial score (nSPS) is 14.3. The Labute approximate surface area is 58.1 Å². The SMILES string of the molecule is C[C](C)C(C)CCCO. The first-order valence-electron chi connectivity index (χ1n) is 3.59. The Bertz CT molecular complexity index is 59.6. The summed E-state index contributed by atoms with van der Waals surface area (Å²) in [6, 6.07) is 0. The lowest BCUT2D eigenvalue weighted by Gasteiger charge is -2.12. The highest BCUT2D eigenvalue weighted by Gasteiger charge is 2.05. The Morgan fingerprint density at radius 3 is 2.33 bits per heavy atom. The molecule has 55 valence electrons. The number of hydrogen-bond donors (Lipinski definition) is 1. The highest BCUT2D eigenvalue weighted by atomic mass is 16.2. The van der Waals surface area contributed by atoms with Gasteiger partial charge >= 0.3 is 0 Å². The van der Waals surface area contributed by atoms with Crippen molar-refractivity contribution in [2.24, 2.45) is 5.92 Å². The molecule has 0 aromatic carbocycles. The lowest BCUT2D eigenvalue weighted by molar-refractivity contribution is 0.275. The van der Waals surface area contributed by atoms with Gasteiger partial charge in [0, 0.05) is 6.61 Å². The van der Waals surface area contributed by atoms with Crippen LogP contribution < -0.4 is 0 Å². The van der Waals surface area contributed by atoms with Crippen LogP contribution in [0.4, 0.5) is 0 Å². The summed E-state index contributed by atoms with van der Waals surface area (Å²) < 4.78 is 0. The first kappa shape index (κ1) is 8.96. The summed E-state index contributed by atoms with van der Waals surface area (Å²) in [5.41, 5.74) is 0. The maximum Gasteiger partial charge on any atom is 0.0431 e. The molecule has 9 heavy (non-hydrogen) atoms. The van der Waals surface area contributed by atoms with Crippen LogP contribution in [0.25, 0.3) is 0 Å². The molecule has 1 nitrogen and oxygen atoms in total. The summed E-state index contributed by atoms with van der Waals surface area (Å²) in [4.78, 5) is 0. The van der Waals surface area contributed by atoms with Gasteiger partial charge in [-0.1, -0.05) is 20.8 Å². The number of aliphatic hydroxyl groups is 1. The molecule has 0 heterocycles. The van der Waals surface area contributed by atoms with Gasteiger partial charge in [-0.3, -0.25) is 0 Å². The quantitative estimate of drug-likeness (QED) is 0.615. The summed E-state index contributed by atoms with van der Waals surface area (Å²) in [6.07, 6.45) is 2.06. The second kappa shape index (κ2) is 4.80. The largest absolute Gasteiger partial charge is 0.396 e. The molecule has 1 radical (unpaired) electrons. The summed E-state index contributed by atoms with van der Waals surface area (Å²) >= 11 is 0. The van der Waals surface area contributed by atoms with Crippen molar-refractivity contribution in [1.29, 1.82) is 0 Å². The fourth-order valence-corrected chi connectivity index (χ4v) is 0.686. The lowest BCUT2D eigenvalue weighted by Crippen LogP contribution is -2.02. The Balaban J connectivity index is 3.16. The Kier molecular flexibility index (Phi) is 4.78. The van der Waals surface area contributed by atoms with Gasteiger partial charge in [0.1, 0.15) is 0 Å². The molecule has 1 unspecified atom stereocenters. The van der Waals surface area contributed by atoms with Crippen molar-refractivity contribution in [3.8, 4) is 0 Å². The van der Waals surface area contributed by atoms with E-state index in [2.05, 4.69) is 20.8 Å². The molecule has 1 heteroatoms. The third-order valence-corrected chi connectivity index (χ3v) is 1.78. The van der Waals surface area contributed by atoms with E-state index in [-0.39, 0.29) is 0 Å². The average molecular weight is 129 g/mol. The Morgan fingerprint density at radius 1 is 1.44 bits per heavy atom. The number of hydrogen-bond acceptors (Lipinski definition) is 1. The van der Waals surface area contributed by atoms with Crippen molar-refractivity contribution < 1.29 is 5.11 Å². The monoisotopic (exact) mass is 129 g/mol. The van der Waals surface area contributed by atoms with Gasteiger partial charge < -0.3 is 5.11 Å². The maximum atomic E-state index is 8.49. The van der Waals surface area contributed by atoms with E-state index in [9.17, 15) is 0 Å². The minimum atomic E-state index is 0.331. The van der Waals surface area contributed by atoms with E-state index in [1.54, 1.807) is 0 Å². The zero-order valence-electron chi connectivity index (χ0n) is 6.65. The maximum absolute atomic E-state index is 8.49. The van der Waals surface area contributed by atoms with Crippen molar-refractivity contribution >= 4 is 0 Å². The second-order valence-corrected chi connectivity index (χ2v) is 2.84. The van der Waals surface area contributed by atoms with Gasteiger partial charge in [0.15, 0.2) is 0 Å². The molecule has 0 saturated heterocycles. The van der Waals surface area contributed by atoms with Crippen LogP contribution in [-0.4, -0.2) is 11.7 Å². The van der Waals surface area contributed by atoms with Gasteiger partial charge in [0.2, 0.25) is 0 Å². The van der Waals surface area contributed by atoms with Crippen LogP contribution in [0.2, 0.25) is 0 Å². The molecule has 0 amide bonds. The lowest BCUT2D eigenvalue weighted by atomic mass is 9.94. The molecular weight excluding hydrogens is 112 g/mol. The summed E-state index contributed by atoms with van der Waals surface area (Å²) in [6.45, 7) is 6.81. The minimum Gasteiger partial charge on any atom is -0.396 e. The van der Waals surface area contributed by atoms with Crippen molar-refractivity contribution in [3.05, 3.63) is 5.92 Å². The van der Waals surface area contributed by atoms with Crippen LogP contribution in [-0.2, 0) is 0 Å². The molecule has 0 spiro atoms. The van der Waals surface area contributed by atoms with Crippen LogP contribution in [0.15, 0.2) is 0 Å². The molecule has 0 fully saturated rings. The second-order valence-electron chi connectivity index (χ2n) is 2.84. The van der Waals surface area contributed by atoms with Gasteiger partial charge in [-0.2, -0.15) is 0 Å². The predicted octanol–water partition coefficient (Wildman–Crippen LogP) is 2.01. The zero-order valence-corrected chi connectivity index (χ0v) is 6.65. The molecule has 0 aliphatic rings. The van der Waals surface area contributed by atoms with Gasteiger partial charge in [0.05, 0.1) is 0 Å². The van der Waals surface area contributed by atoms with Gasteiger partial charge in [-0.25, -0.2) is 0 Å². The topological polar surface area (TPSA) is 20.2 Å². The third-order valence-electron chi connectivity index (χ3n) is 1.78. The zero-order chi connectivity index (χ0) is 7.28. The molecule has 1 N–H and O–H groups in total. The van der Waals surface area contributed by atoms with Crippen LogP contribution in [0.1, 0.15) is 33.6 Å². The highest BCUT2D eigenvalue weighted by Crippen LogP contribution is 2.16. The summed E-state index contributed by atoms with van der Waals surface area (Å²) in [5.74, 6) is 2.14. The average Bonchev–Trinajstić information content (AvgIpc) is 1.82. The fourth-order valence-electron chi connectivity index (χ4n) is 0.686. The molecule has 0 aliphatic carbocycles. The van der Waals surface area contributed by atoms with E-state index in [1.165, 1.54) is 5.92 Å². The standard InChI is InChI=1S/C8H17O/c1-7(2)8(3)5-4-6-9/h8-9H,4-6H2,1-3H3. The van der Waals surface area contributed by atoms with E-state index >= 15 is 0 Å². The number of aliphatic hydroxyl groups excluding tert-OH is 1. The van der Waals surface area contributed by atoms with Crippen molar-refractivity contribution in [3.63, 3.8) is 0 Å². The van der Waals surface area contributed by atoms with E-state index in [0.717, 1.165) is 12.8 Å². The van der Waals surface area contributed by atoms with Gasteiger partial charge in [-0.15, -0.1) is 0 Å². The number of rotatable bonds is 4. The molecule has 0 bridgehead atoms. The van der Waals surface area contributed by atoms with Gasteiger partial charge in [0.25, 0.3) is 0 Å². The van der Waals surface area contributed by atoms with Crippen molar-refractivity contribution in [1.82, 2.24) is 0 Å². The van der Waals surface area contributed by atoms with E-state index in [1.807, 2.05) is 0 Å². The molecule has 0 rings (SSSR count). The molecular formula is C8H17O. The first-order chi connectivity index (χ1) is 4.18. The molecule has 0 aromatic heterocycles. The van der Waals surface area contributed by atoms with Crippen LogP contribution in [0.3, 0.4) is 0 Å². The molecule has 0 aliphatic heterocycles. The Hall–Kier alpha value is -0.0400. The van der Waals surface area contributed by atoms with E-state index in [0.29, 0.717) is 12.5 Å². The first-order valence-corrected chi connectivity index (χ1v) is 3.59. The van der Waals surface area contributed by atoms with Crippen molar-refractivity contribution in [2.75, 3.05) is 6.61 Å². The fraction of sp³-hybridized carbons (Fsp3) is 0.875. The van der Waals surface area contributed by atoms with Gasteiger partial charge in [-0.05, 0) is 24.7 Å². The van der Waals surface area contributed by atoms with E-state index < -0.39 is 0 Å². The van der Waals surface area contributed by atoms with E-state index in [4.69, 9.17) is 5.11 Å². The Morgan fingerprint density at radius 2 is 2.00 bits per heavy atom. The highest BCUT2D eigenvalue weighted by molar-refractivity contribution is 4.83. The molecule has 0 aromatic rings. The smallest absolute Gasteiger partial charge is 0.0431 e. The van der Waals surface area contributed by atoms with Crippen molar-refractivity contribution in [2.45, 2.75) is 33.6 Å². The minimum absolute atomic E-state index is 0.331. The van der Waals surface area contributed by atoms with Crippen LogP contribution >= 0.6 is 0 Å².